The van der Waals surface area contributed by atoms with Crippen LogP contribution in [0.4, 0.5) is 0 Å². The van der Waals surface area contributed by atoms with Gasteiger partial charge in [0.15, 0.2) is 11.5 Å². The molecule has 1 heterocycles. The smallest absolute Gasteiger partial charge is 0.165 e. The van der Waals surface area contributed by atoms with Gasteiger partial charge in [-0.3, -0.25) is 0 Å². The van der Waals surface area contributed by atoms with Crippen LogP contribution in [-0.4, -0.2) is 23.8 Å². The van der Waals surface area contributed by atoms with E-state index in [0.717, 1.165) is 5.56 Å². The minimum Gasteiger partial charge on any atom is -0.504 e. The molecule has 4 nitrogen and oxygen atoms in total. The molecule has 0 spiro atoms. The van der Waals surface area contributed by atoms with Gasteiger partial charge in [0.25, 0.3) is 0 Å². The Morgan fingerprint density at radius 3 is 2.93 bits per heavy atom. The first-order valence-corrected chi connectivity index (χ1v) is 4.75. The standard InChI is InChI=1S/C11H13NO3/c1-12-6-10-7-2-3-9(13)11(14)8(7)4-5-15-10/h2-5,10,12-14H,6H2,1H3. The molecule has 0 aliphatic carbocycles. The second-order valence-electron chi connectivity index (χ2n) is 3.42. The minimum absolute atomic E-state index is 0.0897. The number of aromatic hydroxyl groups is 2. The summed E-state index contributed by atoms with van der Waals surface area (Å²) in [6, 6.07) is 3.23. The van der Waals surface area contributed by atoms with Crippen molar-refractivity contribution >= 4 is 6.08 Å². The molecule has 0 amide bonds. The van der Waals surface area contributed by atoms with Crippen LogP contribution >= 0.6 is 0 Å². The summed E-state index contributed by atoms with van der Waals surface area (Å²) in [4.78, 5) is 0. The molecule has 0 aromatic heterocycles. The van der Waals surface area contributed by atoms with Gasteiger partial charge in [-0.25, -0.2) is 0 Å². The van der Waals surface area contributed by atoms with Gasteiger partial charge in [0, 0.05) is 17.7 Å². The lowest BCUT2D eigenvalue weighted by molar-refractivity contribution is 0.143. The third-order valence-corrected chi connectivity index (χ3v) is 2.44. The summed E-state index contributed by atoms with van der Waals surface area (Å²) < 4.78 is 5.40. The van der Waals surface area contributed by atoms with Crippen LogP contribution in [0.2, 0.25) is 0 Å². The molecule has 1 aromatic rings. The number of ether oxygens (including phenoxy) is 1. The Bertz CT molecular complexity index is 401. The number of hydrogen-bond acceptors (Lipinski definition) is 4. The lowest BCUT2D eigenvalue weighted by Gasteiger charge is -2.23. The second-order valence-corrected chi connectivity index (χ2v) is 3.42. The molecule has 0 saturated heterocycles. The van der Waals surface area contributed by atoms with Crippen molar-refractivity contribution in [3.8, 4) is 11.5 Å². The molecule has 2 rings (SSSR count). The van der Waals surface area contributed by atoms with E-state index in [9.17, 15) is 10.2 Å². The topological polar surface area (TPSA) is 61.7 Å². The average Bonchev–Trinajstić information content (AvgIpc) is 2.25. The number of benzene rings is 1. The van der Waals surface area contributed by atoms with Crippen molar-refractivity contribution in [2.75, 3.05) is 13.6 Å². The third-order valence-electron chi connectivity index (χ3n) is 2.44. The number of phenols is 2. The van der Waals surface area contributed by atoms with Crippen LogP contribution in [0.15, 0.2) is 18.4 Å². The molecular weight excluding hydrogens is 194 g/mol. The maximum Gasteiger partial charge on any atom is 0.165 e. The summed E-state index contributed by atoms with van der Waals surface area (Å²) in [5, 5.41) is 22.0. The van der Waals surface area contributed by atoms with Crippen LogP contribution in [0.3, 0.4) is 0 Å². The summed E-state index contributed by atoms with van der Waals surface area (Å²) >= 11 is 0. The maximum absolute atomic E-state index is 9.65. The Labute approximate surface area is 87.8 Å². The minimum atomic E-state index is -0.124. The van der Waals surface area contributed by atoms with E-state index in [-0.39, 0.29) is 17.6 Å². The van der Waals surface area contributed by atoms with Crippen molar-refractivity contribution in [3.63, 3.8) is 0 Å². The van der Waals surface area contributed by atoms with E-state index in [1.165, 1.54) is 12.3 Å². The first-order chi connectivity index (χ1) is 7.24. The largest absolute Gasteiger partial charge is 0.504 e. The Morgan fingerprint density at radius 1 is 1.40 bits per heavy atom. The summed E-state index contributed by atoms with van der Waals surface area (Å²) in [7, 11) is 1.83. The number of nitrogens with one attached hydrogen (secondary N) is 1. The zero-order chi connectivity index (χ0) is 10.8. The van der Waals surface area contributed by atoms with Gasteiger partial charge >= 0.3 is 0 Å². The van der Waals surface area contributed by atoms with E-state index in [1.807, 2.05) is 7.05 Å². The number of fused-ring (bicyclic) bond motifs is 1. The van der Waals surface area contributed by atoms with Crippen molar-refractivity contribution in [2.45, 2.75) is 6.10 Å². The van der Waals surface area contributed by atoms with Crippen molar-refractivity contribution in [3.05, 3.63) is 29.5 Å². The summed E-state index contributed by atoms with van der Waals surface area (Å²) in [5.41, 5.74) is 1.50. The van der Waals surface area contributed by atoms with Crippen LogP contribution in [0, 0.1) is 0 Å². The quantitative estimate of drug-likeness (QED) is 0.641. The average molecular weight is 207 g/mol. The Hall–Kier alpha value is -1.68. The van der Waals surface area contributed by atoms with Crippen molar-refractivity contribution < 1.29 is 14.9 Å². The molecule has 0 saturated carbocycles. The van der Waals surface area contributed by atoms with Crippen LogP contribution in [-0.2, 0) is 4.74 Å². The van der Waals surface area contributed by atoms with Crippen LogP contribution in [0.25, 0.3) is 6.08 Å². The van der Waals surface area contributed by atoms with Gasteiger partial charge in [0.2, 0.25) is 0 Å². The number of phenolic OH excluding ortho intramolecular Hbond substituents is 2. The highest BCUT2D eigenvalue weighted by molar-refractivity contribution is 5.66. The molecule has 15 heavy (non-hydrogen) atoms. The summed E-state index contributed by atoms with van der Waals surface area (Å²) in [5.74, 6) is -0.198. The van der Waals surface area contributed by atoms with Crippen molar-refractivity contribution in [1.29, 1.82) is 0 Å². The maximum atomic E-state index is 9.65. The van der Waals surface area contributed by atoms with Gasteiger partial charge in [0.1, 0.15) is 6.10 Å². The molecule has 0 fully saturated rings. The zero-order valence-electron chi connectivity index (χ0n) is 8.40. The Morgan fingerprint density at radius 2 is 2.20 bits per heavy atom. The lowest BCUT2D eigenvalue weighted by Crippen LogP contribution is -2.20. The number of rotatable bonds is 2. The summed E-state index contributed by atoms with van der Waals surface area (Å²) in [6.45, 7) is 0.654. The van der Waals surface area contributed by atoms with Gasteiger partial charge in [-0.1, -0.05) is 6.07 Å². The molecule has 1 aliphatic rings. The van der Waals surface area contributed by atoms with Crippen LogP contribution in [0.5, 0.6) is 11.5 Å². The third kappa shape index (κ3) is 1.64. The SMILES string of the molecule is CNCC1OC=Cc2c1ccc(O)c2O. The van der Waals surface area contributed by atoms with E-state index in [4.69, 9.17) is 4.74 Å². The van der Waals surface area contributed by atoms with E-state index in [2.05, 4.69) is 5.32 Å². The van der Waals surface area contributed by atoms with E-state index in [1.54, 1.807) is 12.1 Å². The predicted molar refractivity (Wildman–Crippen MR) is 56.6 cm³/mol. The molecule has 1 unspecified atom stereocenters. The summed E-state index contributed by atoms with van der Waals surface area (Å²) in [6.07, 6.45) is 3.06. The normalized spacial score (nSPS) is 18.3. The lowest BCUT2D eigenvalue weighted by atomic mass is 9.99. The fraction of sp³-hybridized carbons (Fsp3) is 0.273. The molecule has 0 radical (unpaired) electrons. The highest BCUT2D eigenvalue weighted by atomic mass is 16.5. The zero-order valence-corrected chi connectivity index (χ0v) is 8.40. The molecular formula is C11H13NO3. The molecule has 1 atom stereocenters. The Kier molecular flexibility index (Phi) is 2.51. The molecule has 4 heteroatoms. The van der Waals surface area contributed by atoms with Crippen molar-refractivity contribution in [1.82, 2.24) is 5.32 Å². The van der Waals surface area contributed by atoms with Gasteiger partial charge in [0.05, 0.1) is 6.26 Å². The van der Waals surface area contributed by atoms with Gasteiger partial charge in [-0.15, -0.1) is 0 Å². The second kappa shape index (κ2) is 3.82. The van der Waals surface area contributed by atoms with E-state index in [0.29, 0.717) is 12.1 Å². The number of likely N-dealkylation sites (N-methyl/N-ethyl adjacent to an activating group) is 1. The first kappa shape index (κ1) is 9.86. The molecule has 80 valence electrons. The Balaban J connectivity index is 2.46. The fourth-order valence-electron chi connectivity index (χ4n) is 1.69. The highest BCUT2D eigenvalue weighted by Crippen LogP contribution is 2.38. The van der Waals surface area contributed by atoms with Crippen LogP contribution < -0.4 is 5.32 Å². The van der Waals surface area contributed by atoms with Crippen LogP contribution in [0.1, 0.15) is 17.2 Å². The monoisotopic (exact) mass is 207 g/mol. The van der Waals surface area contributed by atoms with Crippen molar-refractivity contribution in [2.24, 2.45) is 0 Å². The first-order valence-electron chi connectivity index (χ1n) is 4.75. The fourth-order valence-corrected chi connectivity index (χ4v) is 1.69. The molecule has 1 aromatic carbocycles. The van der Waals surface area contributed by atoms with Gasteiger partial charge < -0.3 is 20.3 Å². The van der Waals surface area contributed by atoms with E-state index < -0.39 is 0 Å². The molecule has 3 N–H and O–H groups in total. The predicted octanol–water partition coefficient (Wildman–Crippen LogP) is 1.36. The molecule has 1 aliphatic heterocycles. The van der Waals surface area contributed by atoms with Gasteiger partial charge in [-0.05, 0) is 19.2 Å². The van der Waals surface area contributed by atoms with E-state index >= 15 is 0 Å². The molecule has 0 bridgehead atoms. The van der Waals surface area contributed by atoms with Gasteiger partial charge in [-0.2, -0.15) is 0 Å². The highest BCUT2D eigenvalue weighted by Gasteiger charge is 2.21. The number of hydrogen-bond donors (Lipinski definition) is 3.